The van der Waals surface area contributed by atoms with E-state index in [0.29, 0.717) is 0 Å². The molecular weight excluding hydrogens is 443 g/mol. The third-order valence-corrected chi connectivity index (χ3v) is 6.24. The fourth-order valence-corrected chi connectivity index (χ4v) is 4.40. The van der Waals surface area contributed by atoms with Crippen molar-refractivity contribution in [2.24, 2.45) is 0 Å². The van der Waals surface area contributed by atoms with Crippen molar-refractivity contribution in [2.75, 3.05) is 19.7 Å². The molecule has 1 aliphatic rings. The van der Waals surface area contributed by atoms with E-state index in [1.54, 1.807) is 0 Å². The van der Waals surface area contributed by atoms with Gasteiger partial charge in [-0.05, 0) is 18.2 Å². The van der Waals surface area contributed by atoms with Crippen molar-refractivity contribution < 1.29 is 41.3 Å². The molecular formula is C18H16F3N3O6S. The van der Waals surface area contributed by atoms with E-state index in [4.69, 9.17) is 11.3 Å². The van der Waals surface area contributed by atoms with Crippen LogP contribution < -0.4 is 9.47 Å². The van der Waals surface area contributed by atoms with E-state index < -0.39 is 64.8 Å². The van der Waals surface area contributed by atoms with Gasteiger partial charge >= 0.3 is 6.61 Å². The zero-order chi connectivity index (χ0) is 22.8. The minimum Gasteiger partial charge on any atom is -0.486 e. The Hall–Kier alpha value is -2.92. The third kappa shape index (κ3) is 4.72. The number of halogens is 3. The molecule has 0 aliphatic carbocycles. The van der Waals surface area contributed by atoms with Gasteiger partial charge in [0.15, 0.2) is 5.03 Å². The minimum absolute atomic E-state index is 0.0912. The molecule has 0 radical (unpaired) electrons. The average Bonchev–Trinajstić information content (AvgIpc) is 3.05. The van der Waals surface area contributed by atoms with Gasteiger partial charge in [0, 0.05) is 18.7 Å². The lowest BCUT2D eigenvalue weighted by atomic mass is 10.0. The summed E-state index contributed by atoms with van der Waals surface area (Å²) in [5.41, 5.74) is -2.29. The molecule has 31 heavy (non-hydrogen) atoms. The van der Waals surface area contributed by atoms with Crippen LogP contribution in [0.3, 0.4) is 0 Å². The Kier molecular flexibility index (Phi) is 6.37. The number of sulfonamides is 1. The van der Waals surface area contributed by atoms with Crippen LogP contribution in [0.1, 0.15) is 0 Å². The van der Waals surface area contributed by atoms with Gasteiger partial charge in [-0.15, -0.1) is 0 Å². The van der Waals surface area contributed by atoms with E-state index in [1.165, 1.54) is 6.07 Å². The molecule has 1 aliphatic heterocycles. The second-order valence-electron chi connectivity index (χ2n) is 6.58. The normalized spacial score (nSPS) is 21.8. The van der Waals surface area contributed by atoms with Crippen LogP contribution in [-0.2, 0) is 10.0 Å². The first kappa shape index (κ1) is 22.8. The molecule has 1 aromatic heterocycles. The molecule has 1 aromatic carbocycles. The van der Waals surface area contributed by atoms with Gasteiger partial charge in [0.25, 0.3) is 10.0 Å². The highest BCUT2D eigenvalue weighted by molar-refractivity contribution is 7.89. The first-order chi connectivity index (χ1) is 14.6. The molecule has 2 N–H and O–H groups in total. The van der Waals surface area contributed by atoms with Crippen LogP contribution in [0.15, 0.2) is 41.4 Å². The largest absolute Gasteiger partial charge is 0.486 e. The Morgan fingerprint density at radius 1 is 1.35 bits per heavy atom. The Morgan fingerprint density at radius 3 is 2.71 bits per heavy atom. The predicted molar refractivity (Wildman–Crippen MR) is 98.7 cm³/mol. The molecule has 0 bridgehead atoms. The van der Waals surface area contributed by atoms with Gasteiger partial charge in [-0.3, -0.25) is 0 Å². The number of pyridine rings is 1. The number of aromatic nitrogens is 1. The van der Waals surface area contributed by atoms with Gasteiger partial charge in [-0.25, -0.2) is 22.6 Å². The van der Waals surface area contributed by atoms with Crippen molar-refractivity contribution in [1.82, 2.24) is 9.29 Å². The summed E-state index contributed by atoms with van der Waals surface area (Å²) in [5, 5.41) is 19.7. The molecule has 166 valence electrons. The number of rotatable bonds is 7. The smallest absolute Gasteiger partial charge is 0.388 e. The second kappa shape index (κ2) is 8.67. The fraction of sp³-hybridized carbons (Fsp3) is 0.333. The number of alkyl halides is 2. The van der Waals surface area contributed by atoms with Crippen LogP contribution in [0.5, 0.6) is 11.6 Å². The van der Waals surface area contributed by atoms with Crippen LogP contribution >= 0.6 is 0 Å². The van der Waals surface area contributed by atoms with Crippen LogP contribution in [-0.4, -0.2) is 65.9 Å². The molecule has 1 saturated heterocycles. The Morgan fingerprint density at radius 2 is 2.10 bits per heavy atom. The Labute approximate surface area is 175 Å². The molecule has 0 spiro atoms. The summed E-state index contributed by atoms with van der Waals surface area (Å²) in [6.45, 7) is 1.71. The van der Waals surface area contributed by atoms with Crippen LogP contribution in [0.2, 0.25) is 0 Å². The third-order valence-electron chi connectivity index (χ3n) is 4.52. The van der Waals surface area contributed by atoms with Gasteiger partial charge in [0.05, 0.1) is 19.7 Å². The van der Waals surface area contributed by atoms with Crippen LogP contribution in [0.25, 0.3) is 4.85 Å². The number of aliphatic hydroxyl groups excluding tert-OH is 1. The molecule has 2 aromatic rings. The first-order valence-corrected chi connectivity index (χ1v) is 10.1. The summed E-state index contributed by atoms with van der Waals surface area (Å²) in [5.74, 6) is -1.58. The molecule has 1 fully saturated rings. The molecule has 2 heterocycles. The molecule has 0 saturated carbocycles. The van der Waals surface area contributed by atoms with E-state index in [-0.39, 0.29) is 11.4 Å². The summed E-state index contributed by atoms with van der Waals surface area (Å²) < 4.78 is 74.7. The maximum Gasteiger partial charge on any atom is 0.388 e. The molecule has 13 heteroatoms. The molecule has 2 atom stereocenters. The van der Waals surface area contributed by atoms with Crippen molar-refractivity contribution in [3.8, 4) is 11.6 Å². The van der Waals surface area contributed by atoms with E-state index in [1.807, 2.05) is 0 Å². The summed E-state index contributed by atoms with van der Waals surface area (Å²) in [7, 11) is -4.39. The van der Waals surface area contributed by atoms with Crippen molar-refractivity contribution >= 4 is 15.7 Å². The van der Waals surface area contributed by atoms with Gasteiger partial charge < -0.3 is 19.7 Å². The van der Waals surface area contributed by atoms with E-state index in [9.17, 15) is 31.8 Å². The summed E-state index contributed by atoms with van der Waals surface area (Å²) in [4.78, 5) is 6.52. The maximum absolute atomic E-state index is 13.8. The number of hydrogen-bond acceptors (Lipinski definition) is 7. The van der Waals surface area contributed by atoms with E-state index in [0.717, 1.165) is 34.6 Å². The van der Waals surface area contributed by atoms with Crippen molar-refractivity contribution in [3.05, 3.63) is 53.6 Å². The number of nitrogens with zero attached hydrogens (tertiary/aromatic N) is 3. The van der Waals surface area contributed by atoms with Crippen molar-refractivity contribution in [1.29, 1.82) is 0 Å². The van der Waals surface area contributed by atoms with Crippen LogP contribution in [0.4, 0.5) is 18.9 Å². The highest BCUT2D eigenvalue weighted by Gasteiger charge is 2.51. The maximum atomic E-state index is 13.8. The predicted octanol–water partition coefficient (Wildman–Crippen LogP) is 1.55. The molecule has 0 amide bonds. The topological polar surface area (TPSA) is 114 Å². The van der Waals surface area contributed by atoms with E-state index in [2.05, 4.69) is 14.6 Å². The zero-order valence-electron chi connectivity index (χ0n) is 15.7. The number of hydrogen-bond donors (Lipinski definition) is 2. The van der Waals surface area contributed by atoms with E-state index >= 15 is 0 Å². The van der Waals surface area contributed by atoms with Crippen molar-refractivity contribution in [2.45, 2.75) is 23.3 Å². The highest BCUT2D eigenvalue weighted by atomic mass is 32.2. The number of benzene rings is 1. The van der Waals surface area contributed by atoms with Gasteiger partial charge in [-0.2, -0.15) is 13.1 Å². The highest BCUT2D eigenvalue weighted by Crippen LogP contribution is 2.32. The number of ether oxygens (including phenoxy) is 2. The van der Waals surface area contributed by atoms with Crippen molar-refractivity contribution in [3.63, 3.8) is 0 Å². The monoisotopic (exact) mass is 459 g/mol. The lowest BCUT2D eigenvalue weighted by Crippen LogP contribution is -2.48. The average molecular weight is 459 g/mol. The summed E-state index contributed by atoms with van der Waals surface area (Å²) in [6, 6.07) is 6.57. The molecule has 9 nitrogen and oxygen atoms in total. The Bertz CT molecular complexity index is 1110. The second-order valence-corrected chi connectivity index (χ2v) is 8.47. The molecule has 0 unspecified atom stereocenters. The quantitative estimate of drug-likeness (QED) is 0.604. The van der Waals surface area contributed by atoms with Crippen LogP contribution in [0, 0.1) is 12.4 Å². The minimum atomic E-state index is -4.39. The first-order valence-electron chi connectivity index (χ1n) is 8.68. The zero-order valence-corrected chi connectivity index (χ0v) is 16.5. The number of β-amino-alcohol motifs (C(OH)–C–C–N with tert-alkyl or cyclic N) is 1. The fourth-order valence-electron chi connectivity index (χ4n) is 2.95. The SMILES string of the molecule is [C-]#[N+]c1ccc(O[C@H]2CN(S(=O)(=O)c3cccc(OC(F)F)n3)C[C@@]2(O)CO)cc1F. The van der Waals surface area contributed by atoms with Gasteiger partial charge in [0.2, 0.25) is 11.6 Å². The standard InChI is InChI=1S/C18H16F3N3O6S/c1-22-13-6-5-11(7-12(13)19)29-14-8-24(9-18(14,26)10-25)31(27,28)16-4-2-3-15(23-16)30-17(20)21/h2-7,14,17,25-26H,8-10H2/t14-,18+/m0/s1. The lowest BCUT2D eigenvalue weighted by Gasteiger charge is -2.27. The Balaban J connectivity index is 1.85. The summed E-state index contributed by atoms with van der Waals surface area (Å²) in [6.07, 6.45) is -1.30. The summed E-state index contributed by atoms with van der Waals surface area (Å²) >= 11 is 0. The lowest BCUT2D eigenvalue weighted by molar-refractivity contribution is -0.0641. The molecule has 3 rings (SSSR count). The van der Waals surface area contributed by atoms with Gasteiger partial charge in [-0.1, -0.05) is 6.07 Å². The number of aliphatic hydroxyl groups is 2. The van der Waals surface area contributed by atoms with Gasteiger partial charge in [0.1, 0.15) is 23.3 Å².